The van der Waals surface area contributed by atoms with Crippen molar-refractivity contribution in [2.45, 2.75) is 56.5 Å². The van der Waals surface area contributed by atoms with Crippen LogP contribution in [0.15, 0.2) is 24.3 Å². The lowest BCUT2D eigenvalue weighted by atomic mass is 9.74. The minimum absolute atomic E-state index is 0.150. The summed E-state index contributed by atoms with van der Waals surface area (Å²) in [5.41, 5.74) is 2.28. The molecule has 0 bridgehead atoms. The van der Waals surface area contributed by atoms with E-state index in [2.05, 4.69) is 50.8 Å². The van der Waals surface area contributed by atoms with Crippen LogP contribution in [0.1, 0.15) is 55.6 Å². The zero-order valence-electron chi connectivity index (χ0n) is 19.1. The van der Waals surface area contributed by atoms with Gasteiger partial charge in [0.05, 0.1) is 13.2 Å². The van der Waals surface area contributed by atoms with E-state index in [9.17, 15) is 9.90 Å². The number of nitrogens with zero attached hydrogens (tertiary/aromatic N) is 3. The van der Waals surface area contributed by atoms with Crippen molar-refractivity contribution in [1.82, 2.24) is 14.7 Å². The summed E-state index contributed by atoms with van der Waals surface area (Å²) in [4.78, 5) is 19.8. The molecule has 0 aromatic heterocycles. The fraction of sp³-hybridized carbons (Fsp3) is 0.654. The first-order valence-corrected chi connectivity index (χ1v) is 12.0. The zero-order valence-corrected chi connectivity index (χ0v) is 19.1. The van der Waals surface area contributed by atoms with Gasteiger partial charge in [0, 0.05) is 42.6 Å². The van der Waals surface area contributed by atoms with Gasteiger partial charge in [0.25, 0.3) is 0 Å². The van der Waals surface area contributed by atoms with Gasteiger partial charge in [-0.3, -0.25) is 14.6 Å². The number of carbonyl (C=O) groups is 1. The van der Waals surface area contributed by atoms with Gasteiger partial charge in [-0.15, -0.1) is 0 Å². The lowest BCUT2D eigenvalue weighted by Crippen LogP contribution is -2.68. The van der Waals surface area contributed by atoms with Gasteiger partial charge in [0.2, 0.25) is 5.91 Å². The Balaban J connectivity index is 1.49. The Morgan fingerprint density at radius 1 is 1.10 bits per heavy atom. The Bertz CT molecular complexity index is 804. The van der Waals surface area contributed by atoms with Crippen molar-refractivity contribution in [2.75, 3.05) is 46.9 Å². The number of fused-ring (bicyclic) bond motifs is 1. The van der Waals surface area contributed by atoms with Crippen LogP contribution in [-0.2, 0) is 4.79 Å². The molecule has 0 unspecified atom stereocenters. The summed E-state index contributed by atoms with van der Waals surface area (Å²) in [7, 11) is 4.04. The Morgan fingerprint density at radius 3 is 2.48 bits per heavy atom. The van der Waals surface area contributed by atoms with Gasteiger partial charge in [0.15, 0.2) is 0 Å². The summed E-state index contributed by atoms with van der Waals surface area (Å²) in [6.45, 7) is 3.62. The third-order valence-electron chi connectivity index (χ3n) is 7.31. The normalized spacial score (nSPS) is 27.1. The molecule has 2 saturated heterocycles. The first-order valence-electron chi connectivity index (χ1n) is 12.0. The minimum atomic E-state index is 0.150. The van der Waals surface area contributed by atoms with E-state index in [1.807, 2.05) is 14.1 Å². The lowest BCUT2D eigenvalue weighted by Gasteiger charge is -2.57. The molecule has 3 atom stereocenters. The molecule has 31 heavy (non-hydrogen) atoms. The quantitative estimate of drug-likeness (QED) is 0.756. The second kappa shape index (κ2) is 10.2. The first-order chi connectivity index (χ1) is 15.1. The molecule has 3 aliphatic rings. The van der Waals surface area contributed by atoms with Crippen molar-refractivity contribution < 1.29 is 9.90 Å². The van der Waals surface area contributed by atoms with Crippen LogP contribution in [0.4, 0.5) is 0 Å². The number of aliphatic hydroxyl groups is 1. The van der Waals surface area contributed by atoms with E-state index >= 15 is 0 Å². The van der Waals surface area contributed by atoms with Crippen LogP contribution in [0.2, 0.25) is 0 Å². The third-order valence-corrected chi connectivity index (χ3v) is 7.31. The van der Waals surface area contributed by atoms with Gasteiger partial charge in [-0.25, -0.2) is 0 Å². The summed E-state index contributed by atoms with van der Waals surface area (Å²) in [6.07, 6.45) is 6.66. The second-order valence-electron chi connectivity index (χ2n) is 9.72. The van der Waals surface area contributed by atoms with Gasteiger partial charge in [-0.05, 0) is 64.0 Å². The molecular formula is C26H37N3O2. The highest BCUT2D eigenvalue weighted by Gasteiger charge is 2.49. The molecule has 5 heteroatoms. The molecule has 1 aliphatic carbocycles. The van der Waals surface area contributed by atoms with Crippen molar-refractivity contribution in [3.8, 4) is 11.8 Å². The predicted molar refractivity (Wildman–Crippen MR) is 124 cm³/mol. The van der Waals surface area contributed by atoms with Gasteiger partial charge in [-0.1, -0.05) is 36.8 Å². The van der Waals surface area contributed by atoms with Gasteiger partial charge < -0.3 is 10.0 Å². The molecule has 2 heterocycles. The van der Waals surface area contributed by atoms with E-state index in [1.165, 1.54) is 18.4 Å². The van der Waals surface area contributed by atoms with Gasteiger partial charge in [0.1, 0.15) is 0 Å². The van der Waals surface area contributed by atoms with E-state index in [1.54, 1.807) is 0 Å². The van der Waals surface area contributed by atoms with Crippen LogP contribution in [-0.4, -0.2) is 84.7 Å². The molecule has 168 valence electrons. The molecule has 1 aromatic carbocycles. The number of aliphatic hydroxyl groups excluding tert-OH is 1. The Morgan fingerprint density at radius 2 is 1.81 bits per heavy atom. The topological polar surface area (TPSA) is 47.0 Å². The van der Waals surface area contributed by atoms with E-state index in [-0.39, 0.29) is 24.5 Å². The monoisotopic (exact) mass is 423 g/mol. The largest absolute Gasteiger partial charge is 0.395 e. The molecule has 0 spiro atoms. The lowest BCUT2D eigenvalue weighted by molar-refractivity contribution is -0.140. The number of rotatable bonds is 4. The van der Waals surface area contributed by atoms with Crippen LogP contribution in [0.3, 0.4) is 0 Å². The number of amides is 1. The van der Waals surface area contributed by atoms with Gasteiger partial charge >= 0.3 is 0 Å². The fourth-order valence-electron chi connectivity index (χ4n) is 5.66. The molecule has 1 amide bonds. The van der Waals surface area contributed by atoms with Crippen LogP contribution in [0.25, 0.3) is 0 Å². The molecule has 1 N–H and O–H groups in total. The average Bonchev–Trinajstić information content (AvgIpc) is 3.28. The molecule has 4 rings (SSSR count). The maximum Gasteiger partial charge on any atom is 0.225 e. The van der Waals surface area contributed by atoms with Crippen LogP contribution in [0, 0.1) is 17.8 Å². The van der Waals surface area contributed by atoms with Crippen LogP contribution in [0.5, 0.6) is 0 Å². The molecule has 1 saturated carbocycles. The molecule has 0 radical (unpaired) electrons. The summed E-state index contributed by atoms with van der Waals surface area (Å²) in [6, 6.07) is 8.99. The number of hydrogen-bond acceptors (Lipinski definition) is 4. The maximum atomic E-state index is 13.2. The maximum absolute atomic E-state index is 13.2. The SMILES string of the molecule is CN(C)CC#Cc1ccc([C@@H]2[C@H]3CN(C(=O)C4CCCC4)CCCCN3[C@H]2CO)cc1. The average molecular weight is 424 g/mol. The summed E-state index contributed by atoms with van der Waals surface area (Å²) in [5, 5.41) is 10.1. The predicted octanol–water partition coefficient (Wildman–Crippen LogP) is 2.54. The highest BCUT2D eigenvalue weighted by Crippen LogP contribution is 2.42. The number of benzene rings is 1. The van der Waals surface area contributed by atoms with Gasteiger partial charge in [-0.2, -0.15) is 0 Å². The molecule has 1 aromatic rings. The first kappa shape index (κ1) is 22.3. The van der Waals surface area contributed by atoms with Crippen molar-refractivity contribution in [1.29, 1.82) is 0 Å². The van der Waals surface area contributed by atoms with Crippen molar-refractivity contribution in [3.63, 3.8) is 0 Å². The van der Waals surface area contributed by atoms with E-state index in [0.29, 0.717) is 11.9 Å². The molecular weight excluding hydrogens is 386 g/mol. The summed E-state index contributed by atoms with van der Waals surface area (Å²) >= 11 is 0. The highest BCUT2D eigenvalue weighted by molar-refractivity contribution is 5.79. The molecule has 3 fully saturated rings. The Labute approximate surface area is 187 Å². The standard InChI is InChI=1S/C26H37N3O2/c1-27(2)15-7-8-20-11-13-21(14-12-20)25-23-18-28(26(31)22-9-3-4-10-22)16-5-6-17-29(23)24(25)19-30/h11-14,22-25,30H,3-6,9-10,15-19H2,1-2H3/t23-,24+,25-/m1/s1. The Hall–Kier alpha value is -1.87. The van der Waals surface area contributed by atoms with Crippen LogP contribution < -0.4 is 0 Å². The second-order valence-corrected chi connectivity index (χ2v) is 9.72. The summed E-state index contributed by atoms with van der Waals surface area (Å²) in [5.74, 6) is 7.29. The molecule has 5 nitrogen and oxygen atoms in total. The highest BCUT2D eigenvalue weighted by atomic mass is 16.3. The zero-order chi connectivity index (χ0) is 21.8. The van der Waals surface area contributed by atoms with E-state index < -0.39 is 0 Å². The fourth-order valence-corrected chi connectivity index (χ4v) is 5.66. The number of hydrogen-bond donors (Lipinski definition) is 1. The third kappa shape index (κ3) is 4.98. The van der Waals surface area contributed by atoms with E-state index in [0.717, 1.165) is 57.4 Å². The van der Waals surface area contributed by atoms with Crippen LogP contribution >= 0.6 is 0 Å². The minimum Gasteiger partial charge on any atom is -0.395 e. The number of carbonyl (C=O) groups excluding carboxylic acids is 1. The van der Waals surface area contributed by atoms with Crippen molar-refractivity contribution in [3.05, 3.63) is 35.4 Å². The van der Waals surface area contributed by atoms with Crippen molar-refractivity contribution >= 4 is 5.91 Å². The molecule has 2 aliphatic heterocycles. The summed E-state index contributed by atoms with van der Waals surface area (Å²) < 4.78 is 0. The van der Waals surface area contributed by atoms with E-state index in [4.69, 9.17) is 0 Å². The van der Waals surface area contributed by atoms with Crippen molar-refractivity contribution in [2.24, 2.45) is 5.92 Å². The Kier molecular flexibility index (Phi) is 7.32. The smallest absolute Gasteiger partial charge is 0.225 e.